The average Bonchev–Trinajstić information content (AvgIpc) is 3.17. The van der Waals surface area contributed by atoms with Gasteiger partial charge in [-0.05, 0) is 31.0 Å². The van der Waals surface area contributed by atoms with E-state index in [1.165, 1.54) is 25.0 Å². The standard InChI is InChI=1S/C14H17FN4O/c1-19-8-13(17-18-19)9-20-14-5-2-11(15)6-10(14)7-16-12-3-4-12/h2,5-6,8,12,16H,3-4,7,9H2,1H3. The quantitative estimate of drug-likeness (QED) is 0.874. The van der Waals surface area contributed by atoms with Crippen LogP contribution in [0.25, 0.3) is 0 Å². The summed E-state index contributed by atoms with van der Waals surface area (Å²) in [5.74, 6) is 0.439. The van der Waals surface area contributed by atoms with E-state index < -0.39 is 0 Å². The van der Waals surface area contributed by atoms with Gasteiger partial charge in [-0.3, -0.25) is 4.68 Å². The minimum absolute atomic E-state index is 0.246. The van der Waals surface area contributed by atoms with Gasteiger partial charge in [0.15, 0.2) is 0 Å². The second-order valence-corrected chi connectivity index (χ2v) is 5.08. The van der Waals surface area contributed by atoms with Crippen LogP contribution in [0.2, 0.25) is 0 Å². The summed E-state index contributed by atoms with van der Waals surface area (Å²) in [6.07, 6.45) is 4.20. The third-order valence-electron chi connectivity index (χ3n) is 3.21. The Balaban J connectivity index is 1.66. The van der Waals surface area contributed by atoms with Crippen LogP contribution in [0.5, 0.6) is 5.75 Å². The zero-order chi connectivity index (χ0) is 13.9. The maximum atomic E-state index is 13.3. The zero-order valence-electron chi connectivity index (χ0n) is 11.3. The van der Waals surface area contributed by atoms with E-state index in [9.17, 15) is 4.39 Å². The van der Waals surface area contributed by atoms with Crippen LogP contribution in [0.4, 0.5) is 4.39 Å². The monoisotopic (exact) mass is 276 g/mol. The molecule has 3 rings (SSSR count). The Bertz CT molecular complexity index is 595. The first-order chi connectivity index (χ1) is 9.70. The third kappa shape index (κ3) is 3.33. The van der Waals surface area contributed by atoms with Crippen LogP contribution in [0.15, 0.2) is 24.4 Å². The molecule has 2 aromatic rings. The Labute approximate surface area is 116 Å². The summed E-state index contributed by atoms with van der Waals surface area (Å²) in [6, 6.07) is 5.16. The minimum atomic E-state index is -0.246. The van der Waals surface area contributed by atoms with Gasteiger partial charge in [-0.25, -0.2) is 4.39 Å². The lowest BCUT2D eigenvalue weighted by molar-refractivity contribution is 0.296. The number of nitrogens with zero attached hydrogens (tertiary/aromatic N) is 3. The summed E-state index contributed by atoms with van der Waals surface area (Å²) < 4.78 is 20.7. The molecule has 1 N–H and O–H groups in total. The van der Waals surface area contributed by atoms with Crippen molar-refractivity contribution in [1.29, 1.82) is 0 Å². The highest BCUT2D eigenvalue weighted by Gasteiger charge is 2.20. The maximum absolute atomic E-state index is 13.3. The molecule has 0 spiro atoms. The molecule has 1 fully saturated rings. The second kappa shape index (κ2) is 5.58. The van der Waals surface area contributed by atoms with Crippen LogP contribution >= 0.6 is 0 Å². The van der Waals surface area contributed by atoms with Crippen molar-refractivity contribution in [2.24, 2.45) is 7.05 Å². The molecule has 1 aromatic carbocycles. The number of hydrogen-bond acceptors (Lipinski definition) is 4. The van der Waals surface area contributed by atoms with Crippen molar-refractivity contribution >= 4 is 0 Å². The smallest absolute Gasteiger partial charge is 0.134 e. The summed E-state index contributed by atoms with van der Waals surface area (Å²) in [7, 11) is 1.80. The van der Waals surface area contributed by atoms with Crippen molar-refractivity contribution < 1.29 is 9.13 Å². The number of nitrogens with one attached hydrogen (secondary N) is 1. The molecule has 0 aliphatic heterocycles. The van der Waals surface area contributed by atoms with Crippen molar-refractivity contribution in [3.8, 4) is 5.75 Å². The fourth-order valence-corrected chi connectivity index (χ4v) is 1.98. The Morgan fingerprint density at radius 1 is 1.45 bits per heavy atom. The molecule has 1 aliphatic rings. The van der Waals surface area contributed by atoms with E-state index in [0.29, 0.717) is 24.9 Å². The van der Waals surface area contributed by atoms with Crippen molar-refractivity contribution in [1.82, 2.24) is 20.3 Å². The summed E-state index contributed by atoms with van der Waals surface area (Å²) in [5, 5.41) is 11.2. The molecule has 1 heterocycles. The predicted molar refractivity (Wildman–Crippen MR) is 71.6 cm³/mol. The molecule has 0 radical (unpaired) electrons. The van der Waals surface area contributed by atoms with E-state index in [1.54, 1.807) is 24.0 Å². The lowest BCUT2D eigenvalue weighted by Crippen LogP contribution is -2.16. The second-order valence-electron chi connectivity index (χ2n) is 5.08. The van der Waals surface area contributed by atoms with Crippen LogP contribution in [0, 0.1) is 5.82 Å². The van der Waals surface area contributed by atoms with E-state index in [4.69, 9.17) is 4.74 Å². The van der Waals surface area contributed by atoms with Gasteiger partial charge in [-0.1, -0.05) is 5.21 Å². The number of hydrogen-bond donors (Lipinski definition) is 1. The van der Waals surface area contributed by atoms with Gasteiger partial charge in [0.2, 0.25) is 0 Å². The summed E-state index contributed by atoms with van der Waals surface area (Å²) >= 11 is 0. The van der Waals surface area contributed by atoms with E-state index in [1.807, 2.05) is 0 Å². The Kier molecular flexibility index (Phi) is 3.64. The largest absolute Gasteiger partial charge is 0.487 e. The first kappa shape index (κ1) is 13.1. The highest BCUT2D eigenvalue weighted by atomic mass is 19.1. The first-order valence-electron chi connectivity index (χ1n) is 6.70. The van der Waals surface area contributed by atoms with Gasteiger partial charge in [-0.2, -0.15) is 0 Å². The number of aryl methyl sites for hydroxylation is 1. The molecule has 0 unspecified atom stereocenters. The highest BCUT2D eigenvalue weighted by Crippen LogP contribution is 2.24. The molecule has 5 nitrogen and oxygen atoms in total. The van der Waals surface area contributed by atoms with Crippen molar-refractivity contribution in [3.05, 3.63) is 41.5 Å². The van der Waals surface area contributed by atoms with Crippen molar-refractivity contribution in [2.75, 3.05) is 0 Å². The van der Waals surface area contributed by atoms with Crippen LogP contribution in [-0.2, 0) is 20.2 Å². The molecule has 6 heteroatoms. The van der Waals surface area contributed by atoms with E-state index in [-0.39, 0.29) is 5.82 Å². The van der Waals surface area contributed by atoms with Crippen molar-refractivity contribution in [2.45, 2.75) is 32.0 Å². The SMILES string of the molecule is Cn1cc(COc2ccc(F)cc2CNC2CC2)nn1. The van der Waals surface area contributed by atoms with Gasteiger partial charge in [0, 0.05) is 25.2 Å². The van der Waals surface area contributed by atoms with Crippen LogP contribution < -0.4 is 10.1 Å². The fourth-order valence-electron chi connectivity index (χ4n) is 1.98. The fraction of sp³-hybridized carbons (Fsp3) is 0.429. The molecule has 0 atom stereocenters. The molecular formula is C14H17FN4O. The van der Waals surface area contributed by atoms with Gasteiger partial charge in [-0.15, -0.1) is 5.10 Å². The Hall–Kier alpha value is -1.95. The molecule has 0 bridgehead atoms. The molecule has 106 valence electrons. The molecule has 20 heavy (non-hydrogen) atoms. The number of ether oxygens (including phenoxy) is 1. The molecule has 0 amide bonds. The number of halogens is 1. The highest BCUT2D eigenvalue weighted by molar-refractivity contribution is 5.34. The number of rotatable bonds is 6. The van der Waals surface area contributed by atoms with Gasteiger partial charge in [0.25, 0.3) is 0 Å². The predicted octanol–water partition coefficient (Wildman–Crippen LogP) is 1.79. The van der Waals surface area contributed by atoms with E-state index >= 15 is 0 Å². The molecular weight excluding hydrogens is 259 g/mol. The zero-order valence-corrected chi connectivity index (χ0v) is 11.3. The van der Waals surface area contributed by atoms with Crippen molar-refractivity contribution in [3.63, 3.8) is 0 Å². The normalized spacial score (nSPS) is 14.5. The topological polar surface area (TPSA) is 52.0 Å². The first-order valence-corrected chi connectivity index (χ1v) is 6.70. The Morgan fingerprint density at radius 3 is 3.00 bits per heavy atom. The van der Waals surface area contributed by atoms with Gasteiger partial charge in [0.1, 0.15) is 23.9 Å². The van der Waals surface area contributed by atoms with E-state index in [2.05, 4.69) is 15.6 Å². The van der Waals surface area contributed by atoms with Gasteiger partial charge < -0.3 is 10.1 Å². The maximum Gasteiger partial charge on any atom is 0.134 e. The number of aromatic nitrogens is 3. The van der Waals surface area contributed by atoms with Gasteiger partial charge in [0.05, 0.1) is 6.20 Å². The number of benzene rings is 1. The summed E-state index contributed by atoms with van der Waals surface area (Å²) in [5.41, 5.74) is 1.58. The molecule has 0 saturated heterocycles. The lowest BCUT2D eigenvalue weighted by atomic mass is 10.2. The summed E-state index contributed by atoms with van der Waals surface area (Å²) in [6.45, 7) is 0.953. The molecule has 1 aromatic heterocycles. The lowest BCUT2D eigenvalue weighted by Gasteiger charge is -2.11. The molecule has 1 saturated carbocycles. The third-order valence-corrected chi connectivity index (χ3v) is 3.21. The van der Waals surface area contributed by atoms with Crippen LogP contribution in [-0.4, -0.2) is 21.0 Å². The molecule has 1 aliphatic carbocycles. The minimum Gasteiger partial charge on any atom is -0.487 e. The van der Waals surface area contributed by atoms with Crippen LogP contribution in [0.3, 0.4) is 0 Å². The Morgan fingerprint density at radius 2 is 2.30 bits per heavy atom. The summed E-state index contributed by atoms with van der Waals surface area (Å²) in [4.78, 5) is 0. The van der Waals surface area contributed by atoms with Crippen LogP contribution in [0.1, 0.15) is 24.1 Å². The van der Waals surface area contributed by atoms with E-state index in [0.717, 1.165) is 11.3 Å². The average molecular weight is 276 g/mol. The van der Waals surface area contributed by atoms with Gasteiger partial charge >= 0.3 is 0 Å².